The first-order valence-electron chi connectivity index (χ1n) is 9.48. The SMILES string of the molecule is COCCCNC(=O)c1c(NC(=O)c2cccc([N+](=O)[O-])c2)sc2c1CCCC2. The quantitative estimate of drug-likeness (QED) is 0.388. The van der Waals surface area contributed by atoms with Gasteiger partial charge in [0, 0.05) is 42.8 Å². The minimum Gasteiger partial charge on any atom is -0.385 e. The molecule has 0 saturated heterocycles. The number of hydrogen-bond donors (Lipinski definition) is 2. The number of nitro groups is 1. The van der Waals surface area contributed by atoms with E-state index < -0.39 is 10.8 Å². The molecule has 3 rings (SSSR count). The lowest BCUT2D eigenvalue weighted by molar-refractivity contribution is -0.384. The van der Waals surface area contributed by atoms with Crippen LogP contribution in [0.5, 0.6) is 0 Å². The first-order chi connectivity index (χ1) is 14.0. The van der Waals surface area contributed by atoms with Gasteiger partial charge in [-0.05, 0) is 43.7 Å². The van der Waals surface area contributed by atoms with Gasteiger partial charge >= 0.3 is 0 Å². The van der Waals surface area contributed by atoms with Crippen molar-refractivity contribution in [3.8, 4) is 0 Å². The van der Waals surface area contributed by atoms with E-state index in [1.165, 1.54) is 35.6 Å². The molecule has 9 heteroatoms. The molecule has 2 aromatic rings. The Morgan fingerprint density at radius 2 is 2.03 bits per heavy atom. The Morgan fingerprint density at radius 1 is 1.24 bits per heavy atom. The Morgan fingerprint density at radius 3 is 2.79 bits per heavy atom. The molecule has 0 unspecified atom stereocenters. The lowest BCUT2D eigenvalue weighted by Crippen LogP contribution is -2.27. The molecule has 2 amide bonds. The summed E-state index contributed by atoms with van der Waals surface area (Å²) in [6.07, 6.45) is 4.45. The van der Waals surface area contributed by atoms with Crippen LogP contribution < -0.4 is 10.6 Å². The molecular formula is C20H23N3O5S. The highest BCUT2D eigenvalue weighted by Gasteiger charge is 2.26. The van der Waals surface area contributed by atoms with Gasteiger partial charge in [-0.15, -0.1) is 11.3 Å². The van der Waals surface area contributed by atoms with Crippen molar-refractivity contribution in [3.05, 3.63) is 55.9 Å². The topological polar surface area (TPSA) is 111 Å². The highest BCUT2D eigenvalue weighted by atomic mass is 32.1. The van der Waals surface area contributed by atoms with Crippen LogP contribution in [0.1, 0.15) is 50.4 Å². The molecule has 0 aliphatic heterocycles. The van der Waals surface area contributed by atoms with Gasteiger partial charge in [0.2, 0.25) is 0 Å². The summed E-state index contributed by atoms with van der Waals surface area (Å²) in [4.78, 5) is 37.1. The monoisotopic (exact) mass is 417 g/mol. The molecular weight excluding hydrogens is 394 g/mol. The largest absolute Gasteiger partial charge is 0.385 e. The number of rotatable bonds is 8. The third-order valence-electron chi connectivity index (χ3n) is 4.76. The van der Waals surface area contributed by atoms with Crippen molar-refractivity contribution in [2.24, 2.45) is 0 Å². The van der Waals surface area contributed by atoms with Crippen molar-refractivity contribution in [3.63, 3.8) is 0 Å². The van der Waals surface area contributed by atoms with Crippen LogP contribution in [-0.4, -0.2) is 37.0 Å². The van der Waals surface area contributed by atoms with E-state index in [2.05, 4.69) is 10.6 Å². The predicted octanol–water partition coefficient (Wildman–Crippen LogP) is 3.55. The molecule has 1 aromatic heterocycles. The standard InChI is InChI=1S/C20H23N3O5S/c1-28-11-5-10-21-19(25)17-15-8-2-3-9-16(15)29-20(17)22-18(24)13-6-4-7-14(12-13)23(26)27/h4,6-7,12H,2-3,5,8-11H2,1H3,(H,21,25)(H,22,24). The third-order valence-corrected chi connectivity index (χ3v) is 5.96. The number of hydrogen-bond acceptors (Lipinski definition) is 6. The number of aryl methyl sites for hydroxylation is 1. The minimum atomic E-state index is -0.542. The van der Waals surface area contributed by atoms with E-state index in [4.69, 9.17) is 4.74 Å². The third kappa shape index (κ3) is 4.99. The fourth-order valence-corrected chi connectivity index (χ4v) is 4.62. The number of nitrogens with one attached hydrogen (secondary N) is 2. The molecule has 0 spiro atoms. The number of ether oxygens (including phenoxy) is 1. The van der Waals surface area contributed by atoms with Gasteiger partial charge in [-0.3, -0.25) is 19.7 Å². The summed E-state index contributed by atoms with van der Waals surface area (Å²) in [6.45, 7) is 1.04. The van der Waals surface area contributed by atoms with Gasteiger partial charge in [0.05, 0.1) is 10.5 Å². The Kier molecular flexibility index (Phi) is 6.95. The Labute approximate surface area is 172 Å². The zero-order valence-electron chi connectivity index (χ0n) is 16.2. The van der Waals surface area contributed by atoms with Crippen LogP contribution in [-0.2, 0) is 17.6 Å². The molecule has 0 bridgehead atoms. The number of non-ortho nitro benzene ring substituents is 1. The van der Waals surface area contributed by atoms with Crippen molar-refractivity contribution in [1.82, 2.24) is 5.32 Å². The Hall–Kier alpha value is -2.78. The average Bonchev–Trinajstić information content (AvgIpc) is 3.09. The van der Waals surface area contributed by atoms with Crippen LogP contribution in [0.3, 0.4) is 0 Å². The summed E-state index contributed by atoms with van der Waals surface area (Å²) in [7, 11) is 1.61. The fourth-order valence-electron chi connectivity index (χ4n) is 3.34. The van der Waals surface area contributed by atoms with Gasteiger partial charge < -0.3 is 15.4 Å². The van der Waals surface area contributed by atoms with Gasteiger partial charge in [0.1, 0.15) is 5.00 Å². The summed E-state index contributed by atoms with van der Waals surface area (Å²) < 4.78 is 5.00. The highest BCUT2D eigenvalue weighted by molar-refractivity contribution is 7.17. The number of fused-ring (bicyclic) bond motifs is 1. The van der Waals surface area contributed by atoms with Crippen molar-refractivity contribution in [2.45, 2.75) is 32.1 Å². The molecule has 1 aliphatic carbocycles. The van der Waals surface area contributed by atoms with Crippen LogP contribution >= 0.6 is 11.3 Å². The molecule has 0 radical (unpaired) electrons. The van der Waals surface area contributed by atoms with Gasteiger partial charge in [-0.2, -0.15) is 0 Å². The van der Waals surface area contributed by atoms with E-state index >= 15 is 0 Å². The lowest BCUT2D eigenvalue weighted by atomic mass is 9.95. The number of amides is 2. The fraction of sp³-hybridized carbons (Fsp3) is 0.400. The second-order valence-corrected chi connectivity index (χ2v) is 7.88. The van der Waals surface area contributed by atoms with E-state index in [0.29, 0.717) is 30.1 Å². The lowest BCUT2D eigenvalue weighted by Gasteiger charge is -2.13. The zero-order valence-corrected chi connectivity index (χ0v) is 17.0. The average molecular weight is 417 g/mol. The van der Waals surface area contributed by atoms with E-state index in [1.807, 2.05) is 0 Å². The normalized spacial score (nSPS) is 12.9. The van der Waals surface area contributed by atoms with E-state index in [-0.39, 0.29) is 17.2 Å². The van der Waals surface area contributed by atoms with Crippen LogP contribution in [0, 0.1) is 10.1 Å². The van der Waals surface area contributed by atoms with Crippen LogP contribution in [0.4, 0.5) is 10.7 Å². The molecule has 1 aliphatic rings. The molecule has 0 atom stereocenters. The number of anilines is 1. The molecule has 1 heterocycles. The van der Waals surface area contributed by atoms with Gasteiger partial charge in [-0.25, -0.2) is 0 Å². The van der Waals surface area contributed by atoms with Crippen LogP contribution in [0.25, 0.3) is 0 Å². The van der Waals surface area contributed by atoms with E-state index in [1.54, 1.807) is 7.11 Å². The number of benzene rings is 1. The first-order valence-corrected chi connectivity index (χ1v) is 10.3. The van der Waals surface area contributed by atoms with Crippen molar-refractivity contribution in [1.29, 1.82) is 0 Å². The molecule has 8 nitrogen and oxygen atoms in total. The minimum absolute atomic E-state index is 0.153. The maximum atomic E-state index is 12.8. The molecule has 0 saturated carbocycles. The highest BCUT2D eigenvalue weighted by Crippen LogP contribution is 2.38. The van der Waals surface area contributed by atoms with Gasteiger partial charge in [0.25, 0.3) is 17.5 Å². The van der Waals surface area contributed by atoms with Crippen molar-refractivity contribution in [2.75, 3.05) is 25.6 Å². The maximum absolute atomic E-state index is 12.8. The summed E-state index contributed by atoms with van der Waals surface area (Å²) >= 11 is 1.42. The second-order valence-electron chi connectivity index (χ2n) is 6.78. The molecule has 0 fully saturated rings. The van der Waals surface area contributed by atoms with Crippen molar-refractivity contribution >= 4 is 33.8 Å². The number of nitrogens with zero attached hydrogens (tertiary/aromatic N) is 1. The zero-order chi connectivity index (χ0) is 20.8. The summed E-state index contributed by atoms with van der Waals surface area (Å²) in [5, 5.41) is 17.2. The van der Waals surface area contributed by atoms with Crippen molar-refractivity contribution < 1.29 is 19.2 Å². The summed E-state index contributed by atoms with van der Waals surface area (Å²) in [6, 6.07) is 5.54. The number of nitro benzene ring substituents is 1. The van der Waals surface area contributed by atoms with Crippen LogP contribution in [0.15, 0.2) is 24.3 Å². The summed E-state index contributed by atoms with van der Waals surface area (Å²) in [5.74, 6) is -0.685. The van der Waals surface area contributed by atoms with Gasteiger partial charge in [-0.1, -0.05) is 6.07 Å². The maximum Gasteiger partial charge on any atom is 0.270 e. The van der Waals surface area contributed by atoms with Crippen LogP contribution in [0.2, 0.25) is 0 Å². The van der Waals surface area contributed by atoms with E-state index in [9.17, 15) is 19.7 Å². The Bertz CT molecular complexity index is 925. The number of methoxy groups -OCH3 is 1. The molecule has 1 aromatic carbocycles. The second kappa shape index (κ2) is 9.62. The first kappa shape index (κ1) is 20.9. The number of thiophene rings is 1. The number of carbonyl (C=O) groups excluding carboxylic acids is 2. The van der Waals surface area contributed by atoms with E-state index in [0.717, 1.165) is 36.1 Å². The predicted molar refractivity (Wildman–Crippen MR) is 111 cm³/mol. The molecule has 154 valence electrons. The molecule has 29 heavy (non-hydrogen) atoms. The smallest absolute Gasteiger partial charge is 0.270 e. The number of carbonyl (C=O) groups is 2. The van der Waals surface area contributed by atoms with Gasteiger partial charge in [0.15, 0.2) is 0 Å². The summed E-state index contributed by atoms with van der Waals surface area (Å²) in [5.41, 5.74) is 1.54. The Balaban J connectivity index is 1.83. The molecule has 2 N–H and O–H groups in total.